The number of hydrogen-bond donors (Lipinski definition) is 1. The van der Waals surface area contributed by atoms with E-state index < -0.39 is 16.8 Å². The molecule has 1 amide bonds. The average molecular weight is 314 g/mol. The molecule has 0 aliphatic carbocycles. The van der Waals surface area contributed by atoms with Crippen molar-refractivity contribution in [2.24, 2.45) is 0 Å². The second-order valence-corrected chi connectivity index (χ2v) is 4.75. The van der Waals surface area contributed by atoms with Gasteiger partial charge < -0.3 is 10.1 Å². The number of amides is 1. The minimum atomic E-state index is -0.633. The van der Waals surface area contributed by atoms with Gasteiger partial charge in [0.25, 0.3) is 11.6 Å². The van der Waals surface area contributed by atoms with Gasteiger partial charge in [0, 0.05) is 12.1 Å². The van der Waals surface area contributed by atoms with E-state index in [2.05, 4.69) is 10.1 Å². The van der Waals surface area contributed by atoms with E-state index in [0.717, 1.165) is 0 Å². The number of methoxy groups -OCH3 is 1. The van der Waals surface area contributed by atoms with E-state index in [-0.39, 0.29) is 16.8 Å². The third-order valence-corrected chi connectivity index (χ3v) is 3.26. The topological polar surface area (TPSA) is 98.5 Å². The van der Waals surface area contributed by atoms with Gasteiger partial charge in [-0.1, -0.05) is 18.2 Å². The summed E-state index contributed by atoms with van der Waals surface area (Å²) >= 11 is 0. The number of carbonyl (C=O) groups is 2. The predicted molar refractivity (Wildman–Crippen MR) is 83.6 cm³/mol. The summed E-state index contributed by atoms with van der Waals surface area (Å²) in [5.74, 6) is -1.18. The van der Waals surface area contributed by atoms with Crippen LogP contribution in [0.4, 0.5) is 11.4 Å². The summed E-state index contributed by atoms with van der Waals surface area (Å²) in [7, 11) is 1.22. The number of nitro groups is 1. The van der Waals surface area contributed by atoms with Gasteiger partial charge in [-0.25, -0.2) is 4.79 Å². The minimum Gasteiger partial charge on any atom is -0.465 e. The number of non-ortho nitro benzene ring substituents is 1. The van der Waals surface area contributed by atoms with Gasteiger partial charge in [-0.15, -0.1) is 0 Å². The molecule has 7 heteroatoms. The molecule has 2 rings (SSSR count). The lowest BCUT2D eigenvalue weighted by atomic mass is 10.1. The Morgan fingerprint density at radius 1 is 1.13 bits per heavy atom. The number of esters is 1. The first kappa shape index (κ1) is 16.2. The third kappa shape index (κ3) is 3.52. The Morgan fingerprint density at radius 2 is 1.78 bits per heavy atom. The molecule has 0 spiro atoms. The van der Waals surface area contributed by atoms with Gasteiger partial charge in [0.05, 0.1) is 28.8 Å². The predicted octanol–water partition coefficient (Wildman–Crippen LogP) is 2.94. The highest BCUT2D eigenvalue weighted by Crippen LogP contribution is 2.23. The Morgan fingerprint density at radius 3 is 2.39 bits per heavy atom. The first-order chi connectivity index (χ1) is 10.9. The fourth-order valence-electron chi connectivity index (χ4n) is 2.02. The summed E-state index contributed by atoms with van der Waals surface area (Å²) in [6.07, 6.45) is 0. The minimum absolute atomic E-state index is 0.121. The molecule has 0 fully saturated rings. The molecule has 0 aliphatic heterocycles. The number of nitrogens with one attached hydrogen (secondary N) is 1. The van der Waals surface area contributed by atoms with Crippen molar-refractivity contribution in [3.05, 3.63) is 69.3 Å². The molecule has 1 N–H and O–H groups in total. The lowest BCUT2D eigenvalue weighted by Crippen LogP contribution is -2.17. The molecule has 0 saturated carbocycles. The number of nitro benzene ring substituents is 1. The van der Waals surface area contributed by atoms with E-state index >= 15 is 0 Å². The van der Waals surface area contributed by atoms with Gasteiger partial charge in [0.2, 0.25) is 0 Å². The van der Waals surface area contributed by atoms with E-state index in [4.69, 9.17) is 0 Å². The molecule has 0 saturated heterocycles. The van der Waals surface area contributed by atoms with Crippen LogP contribution in [0.2, 0.25) is 0 Å². The molecule has 0 aromatic heterocycles. The maximum absolute atomic E-state index is 12.4. The maximum atomic E-state index is 12.4. The van der Waals surface area contributed by atoms with Crippen molar-refractivity contribution in [3.63, 3.8) is 0 Å². The van der Waals surface area contributed by atoms with Crippen LogP contribution in [-0.4, -0.2) is 23.9 Å². The molecule has 23 heavy (non-hydrogen) atoms. The number of aryl methyl sites for hydroxylation is 1. The van der Waals surface area contributed by atoms with Crippen LogP contribution in [-0.2, 0) is 4.74 Å². The quantitative estimate of drug-likeness (QED) is 0.531. The van der Waals surface area contributed by atoms with Crippen molar-refractivity contribution in [1.82, 2.24) is 0 Å². The van der Waals surface area contributed by atoms with Crippen LogP contribution in [0, 0.1) is 17.0 Å². The lowest BCUT2D eigenvalue weighted by molar-refractivity contribution is -0.384. The Labute approximate surface area is 132 Å². The largest absolute Gasteiger partial charge is 0.465 e. The maximum Gasteiger partial charge on any atom is 0.338 e. The summed E-state index contributed by atoms with van der Waals surface area (Å²) in [5, 5.41) is 13.4. The number of carbonyl (C=O) groups excluding carboxylic acids is 2. The summed E-state index contributed by atoms with van der Waals surface area (Å²) < 4.78 is 4.64. The normalized spacial score (nSPS) is 10.0. The highest BCUT2D eigenvalue weighted by Gasteiger charge is 2.18. The molecule has 2 aromatic rings. The molecule has 0 unspecified atom stereocenters. The zero-order valence-corrected chi connectivity index (χ0v) is 12.5. The van der Waals surface area contributed by atoms with Gasteiger partial charge in [-0.3, -0.25) is 14.9 Å². The molecule has 118 valence electrons. The average Bonchev–Trinajstić information content (AvgIpc) is 2.55. The van der Waals surface area contributed by atoms with Crippen LogP contribution in [0.3, 0.4) is 0 Å². The first-order valence-corrected chi connectivity index (χ1v) is 6.67. The van der Waals surface area contributed by atoms with E-state index in [1.165, 1.54) is 31.4 Å². The molecule has 7 nitrogen and oxygen atoms in total. The van der Waals surface area contributed by atoms with Gasteiger partial charge in [0.1, 0.15) is 0 Å². The number of nitrogens with zero attached hydrogens (tertiary/aromatic N) is 1. The Bertz CT molecular complexity index is 786. The highest BCUT2D eigenvalue weighted by molar-refractivity contribution is 6.11. The SMILES string of the molecule is COC(=O)c1ccccc1C(=O)Nc1cc([N+](=O)[O-])ccc1C. The molecule has 0 atom stereocenters. The van der Waals surface area contributed by atoms with Gasteiger partial charge in [-0.05, 0) is 24.6 Å². The zero-order chi connectivity index (χ0) is 17.0. The van der Waals surface area contributed by atoms with E-state index in [0.29, 0.717) is 11.3 Å². The van der Waals surface area contributed by atoms with E-state index in [9.17, 15) is 19.7 Å². The van der Waals surface area contributed by atoms with Gasteiger partial charge in [-0.2, -0.15) is 0 Å². The van der Waals surface area contributed by atoms with Crippen molar-refractivity contribution < 1.29 is 19.2 Å². The smallest absolute Gasteiger partial charge is 0.338 e. The van der Waals surface area contributed by atoms with E-state index in [1.807, 2.05) is 0 Å². The van der Waals surface area contributed by atoms with Crippen LogP contribution in [0.15, 0.2) is 42.5 Å². The molecular formula is C16H14N2O5. The molecule has 0 bridgehead atoms. The zero-order valence-electron chi connectivity index (χ0n) is 12.5. The van der Waals surface area contributed by atoms with Crippen molar-refractivity contribution in [2.45, 2.75) is 6.92 Å². The second-order valence-electron chi connectivity index (χ2n) is 4.75. The number of benzene rings is 2. The van der Waals surface area contributed by atoms with Crippen molar-refractivity contribution in [3.8, 4) is 0 Å². The standard InChI is InChI=1S/C16H14N2O5/c1-10-7-8-11(18(21)22)9-14(10)17-15(19)12-5-3-4-6-13(12)16(20)23-2/h3-9H,1-2H3,(H,17,19). The summed E-state index contributed by atoms with van der Waals surface area (Å²) in [6, 6.07) is 10.3. The Kier molecular flexibility index (Phi) is 4.70. The second kappa shape index (κ2) is 6.69. The molecule has 0 aliphatic rings. The first-order valence-electron chi connectivity index (χ1n) is 6.67. The summed E-state index contributed by atoms with van der Waals surface area (Å²) in [4.78, 5) is 34.4. The van der Waals surface area contributed by atoms with Crippen molar-refractivity contribution >= 4 is 23.3 Å². The van der Waals surface area contributed by atoms with Crippen LogP contribution in [0.1, 0.15) is 26.3 Å². The van der Waals surface area contributed by atoms with Crippen LogP contribution in [0.5, 0.6) is 0 Å². The number of ether oxygens (including phenoxy) is 1. The van der Waals surface area contributed by atoms with Crippen LogP contribution in [0.25, 0.3) is 0 Å². The van der Waals surface area contributed by atoms with Gasteiger partial charge >= 0.3 is 5.97 Å². The molecule has 2 aromatic carbocycles. The number of anilines is 1. The van der Waals surface area contributed by atoms with Gasteiger partial charge in [0.15, 0.2) is 0 Å². The summed E-state index contributed by atoms with van der Waals surface area (Å²) in [6.45, 7) is 1.71. The van der Waals surface area contributed by atoms with Crippen molar-refractivity contribution in [2.75, 3.05) is 12.4 Å². The highest BCUT2D eigenvalue weighted by atomic mass is 16.6. The third-order valence-electron chi connectivity index (χ3n) is 3.26. The number of rotatable bonds is 4. The van der Waals surface area contributed by atoms with Crippen LogP contribution < -0.4 is 5.32 Å². The fraction of sp³-hybridized carbons (Fsp3) is 0.125. The number of hydrogen-bond acceptors (Lipinski definition) is 5. The van der Waals surface area contributed by atoms with Crippen molar-refractivity contribution in [1.29, 1.82) is 0 Å². The molecule has 0 heterocycles. The Hall–Kier alpha value is -3.22. The lowest BCUT2D eigenvalue weighted by Gasteiger charge is -2.10. The molecular weight excluding hydrogens is 300 g/mol. The fourth-order valence-corrected chi connectivity index (χ4v) is 2.02. The van der Waals surface area contributed by atoms with E-state index in [1.54, 1.807) is 25.1 Å². The monoisotopic (exact) mass is 314 g/mol. The van der Waals surface area contributed by atoms with Crippen LogP contribution >= 0.6 is 0 Å². The Balaban J connectivity index is 2.35. The molecule has 0 radical (unpaired) electrons. The summed E-state index contributed by atoms with van der Waals surface area (Å²) in [5.41, 5.74) is 1.09.